The van der Waals surface area contributed by atoms with Gasteiger partial charge in [-0.1, -0.05) is 30.3 Å². The number of hydrogen-bond acceptors (Lipinski definition) is 3. The van der Waals surface area contributed by atoms with Crippen molar-refractivity contribution in [2.24, 2.45) is 0 Å². The van der Waals surface area contributed by atoms with Crippen LogP contribution in [0.1, 0.15) is 5.76 Å². The number of rotatable bonds is 1. The maximum atomic E-state index is 6.01. The first-order valence-electron chi connectivity index (χ1n) is 5.50. The average Bonchev–Trinajstić information content (AvgIpc) is 2.76. The molecule has 0 bridgehead atoms. The Labute approximate surface area is 104 Å². The highest BCUT2D eigenvalue weighted by Crippen LogP contribution is 2.34. The van der Waals surface area contributed by atoms with Crippen molar-refractivity contribution in [1.29, 1.82) is 0 Å². The van der Waals surface area contributed by atoms with E-state index in [9.17, 15) is 0 Å². The summed E-state index contributed by atoms with van der Waals surface area (Å²) in [6.45, 7) is 0. The molecule has 0 amide bonds. The molecule has 86 valence electrons. The fourth-order valence-corrected chi connectivity index (χ4v) is 2.01. The molecule has 3 rings (SSSR count). The van der Waals surface area contributed by atoms with Crippen LogP contribution in [0.25, 0.3) is 22.2 Å². The summed E-state index contributed by atoms with van der Waals surface area (Å²) in [5, 5.41) is 0.775. The molecule has 0 saturated carbocycles. The van der Waals surface area contributed by atoms with E-state index in [0.717, 1.165) is 16.5 Å². The molecular formula is C15H10N2O. The zero-order chi connectivity index (χ0) is 12.5. The van der Waals surface area contributed by atoms with Crippen LogP contribution in [-0.2, 0) is 0 Å². The molecule has 0 unspecified atom stereocenters. The number of fused-ring (bicyclic) bond motifs is 1. The van der Waals surface area contributed by atoms with Gasteiger partial charge in [0.05, 0.1) is 11.1 Å². The monoisotopic (exact) mass is 234 g/mol. The summed E-state index contributed by atoms with van der Waals surface area (Å²) in [5.74, 6) is 2.77. The van der Waals surface area contributed by atoms with Crippen molar-refractivity contribution in [2.45, 2.75) is 0 Å². The number of pyridine rings is 1. The number of nitrogens with two attached hydrogens (primary N) is 1. The third-order valence-electron chi connectivity index (χ3n) is 2.84. The quantitative estimate of drug-likeness (QED) is 0.658. The van der Waals surface area contributed by atoms with E-state index in [-0.39, 0.29) is 0 Å². The van der Waals surface area contributed by atoms with Crippen molar-refractivity contribution in [3.05, 3.63) is 48.4 Å². The summed E-state index contributed by atoms with van der Waals surface area (Å²) in [4.78, 5) is 4.15. The number of hydrogen-bond donors (Lipinski definition) is 1. The Balaban J connectivity index is 2.38. The number of aromatic nitrogens is 1. The van der Waals surface area contributed by atoms with Gasteiger partial charge >= 0.3 is 0 Å². The Kier molecular flexibility index (Phi) is 2.28. The molecule has 18 heavy (non-hydrogen) atoms. The van der Waals surface area contributed by atoms with Gasteiger partial charge in [-0.15, -0.1) is 6.42 Å². The van der Waals surface area contributed by atoms with E-state index in [4.69, 9.17) is 16.6 Å². The van der Waals surface area contributed by atoms with Crippen LogP contribution in [0.15, 0.2) is 47.0 Å². The van der Waals surface area contributed by atoms with Crippen molar-refractivity contribution >= 4 is 16.8 Å². The zero-order valence-corrected chi connectivity index (χ0v) is 9.55. The van der Waals surface area contributed by atoms with E-state index in [2.05, 4.69) is 10.9 Å². The molecule has 0 fully saturated rings. The van der Waals surface area contributed by atoms with Crippen LogP contribution >= 0.6 is 0 Å². The molecule has 2 aromatic heterocycles. The first-order chi connectivity index (χ1) is 8.81. The first kappa shape index (κ1) is 10.4. The minimum Gasteiger partial charge on any atom is -0.427 e. The lowest BCUT2D eigenvalue weighted by molar-refractivity contribution is 0.591. The Hall–Kier alpha value is -2.73. The van der Waals surface area contributed by atoms with Crippen LogP contribution in [-0.4, -0.2) is 4.98 Å². The number of terminal acetylenes is 1. The molecule has 0 spiro atoms. The van der Waals surface area contributed by atoms with Crippen LogP contribution < -0.4 is 5.73 Å². The molecule has 3 heteroatoms. The SMILES string of the molecule is C#Cc1oc2nccc(-c3ccccc3)c2c1N. The lowest BCUT2D eigenvalue weighted by atomic mass is 10.0. The van der Waals surface area contributed by atoms with E-state index in [0.29, 0.717) is 17.2 Å². The van der Waals surface area contributed by atoms with Crippen molar-refractivity contribution in [3.63, 3.8) is 0 Å². The van der Waals surface area contributed by atoms with Crippen molar-refractivity contribution in [1.82, 2.24) is 4.98 Å². The lowest BCUT2D eigenvalue weighted by Crippen LogP contribution is -1.88. The molecule has 0 aliphatic carbocycles. The Bertz CT molecular complexity index is 751. The molecule has 3 aromatic rings. The summed E-state index contributed by atoms with van der Waals surface area (Å²) in [6, 6.07) is 11.8. The second-order valence-corrected chi connectivity index (χ2v) is 3.89. The van der Waals surface area contributed by atoms with Crippen LogP contribution in [0.4, 0.5) is 5.69 Å². The largest absolute Gasteiger partial charge is 0.427 e. The van der Waals surface area contributed by atoms with Crippen LogP contribution in [0, 0.1) is 12.3 Å². The number of anilines is 1. The van der Waals surface area contributed by atoms with Crippen molar-refractivity contribution in [2.75, 3.05) is 5.73 Å². The molecule has 0 aliphatic heterocycles. The molecule has 0 atom stereocenters. The maximum absolute atomic E-state index is 6.01. The smallest absolute Gasteiger partial charge is 0.230 e. The Morgan fingerprint density at radius 1 is 1.17 bits per heavy atom. The van der Waals surface area contributed by atoms with Gasteiger partial charge in [0.15, 0.2) is 0 Å². The Morgan fingerprint density at radius 3 is 2.67 bits per heavy atom. The second-order valence-electron chi connectivity index (χ2n) is 3.89. The molecule has 0 aliphatic rings. The molecule has 0 saturated heterocycles. The summed E-state index contributed by atoms with van der Waals surface area (Å²) in [5.41, 5.74) is 8.99. The molecule has 2 heterocycles. The topological polar surface area (TPSA) is 52.0 Å². The summed E-state index contributed by atoms with van der Waals surface area (Å²) < 4.78 is 5.44. The van der Waals surface area contributed by atoms with Gasteiger partial charge in [0.1, 0.15) is 0 Å². The fraction of sp³-hybridized carbons (Fsp3) is 0. The summed E-state index contributed by atoms with van der Waals surface area (Å²) in [6.07, 6.45) is 7.04. The first-order valence-corrected chi connectivity index (χ1v) is 5.50. The van der Waals surface area contributed by atoms with Crippen molar-refractivity contribution < 1.29 is 4.42 Å². The standard InChI is InChI=1S/C15H10N2O/c1-2-12-14(16)13-11(8-9-17-15(13)18-12)10-6-4-3-5-7-10/h1,3-9H,16H2. The Morgan fingerprint density at radius 2 is 1.94 bits per heavy atom. The highest BCUT2D eigenvalue weighted by Gasteiger charge is 2.15. The van der Waals surface area contributed by atoms with Gasteiger partial charge in [-0.2, -0.15) is 0 Å². The van der Waals surface area contributed by atoms with E-state index >= 15 is 0 Å². The number of benzene rings is 1. The molecule has 0 radical (unpaired) electrons. The van der Waals surface area contributed by atoms with Gasteiger partial charge in [0, 0.05) is 6.20 Å². The van der Waals surface area contributed by atoms with Crippen LogP contribution in [0.2, 0.25) is 0 Å². The van der Waals surface area contributed by atoms with Gasteiger partial charge in [-0.05, 0) is 23.1 Å². The number of furan rings is 1. The van der Waals surface area contributed by atoms with Gasteiger partial charge < -0.3 is 10.2 Å². The molecule has 2 N–H and O–H groups in total. The summed E-state index contributed by atoms with van der Waals surface area (Å²) >= 11 is 0. The van der Waals surface area contributed by atoms with E-state index < -0.39 is 0 Å². The fourth-order valence-electron chi connectivity index (χ4n) is 2.01. The third-order valence-corrected chi connectivity index (χ3v) is 2.84. The highest BCUT2D eigenvalue weighted by molar-refractivity contribution is 6.02. The molecular weight excluding hydrogens is 224 g/mol. The third kappa shape index (κ3) is 1.44. The highest BCUT2D eigenvalue weighted by atomic mass is 16.3. The molecule has 3 nitrogen and oxygen atoms in total. The normalized spacial score (nSPS) is 10.4. The van der Waals surface area contributed by atoms with Gasteiger partial charge in [-0.25, -0.2) is 4.98 Å². The van der Waals surface area contributed by atoms with Crippen molar-refractivity contribution in [3.8, 4) is 23.5 Å². The predicted molar refractivity (Wildman–Crippen MR) is 71.8 cm³/mol. The lowest BCUT2D eigenvalue weighted by Gasteiger charge is -2.02. The van der Waals surface area contributed by atoms with Gasteiger partial charge in [0.25, 0.3) is 0 Å². The minimum absolute atomic E-state index is 0.334. The predicted octanol–water partition coefficient (Wildman–Crippen LogP) is 3.06. The van der Waals surface area contributed by atoms with E-state index in [1.54, 1.807) is 6.20 Å². The maximum Gasteiger partial charge on any atom is 0.230 e. The number of nitrogen functional groups attached to an aromatic ring is 1. The zero-order valence-electron chi connectivity index (χ0n) is 9.55. The summed E-state index contributed by atoms with van der Waals surface area (Å²) in [7, 11) is 0. The second kappa shape index (κ2) is 3.94. The average molecular weight is 234 g/mol. The van der Waals surface area contributed by atoms with Crippen LogP contribution in [0.5, 0.6) is 0 Å². The van der Waals surface area contributed by atoms with Gasteiger partial charge in [-0.3, -0.25) is 0 Å². The van der Waals surface area contributed by atoms with Gasteiger partial charge in [0.2, 0.25) is 11.5 Å². The minimum atomic E-state index is 0.334. The van der Waals surface area contributed by atoms with Crippen LogP contribution in [0.3, 0.4) is 0 Å². The molecule has 1 aromatic carbocycles. The van der Waals surface area contributed by atoms with E-state index in [1.807, 2.05) is 36.4 Å². The van der Waals surface area contributed by atoms with E-state index in [1.165, 1.54) is 0 Å². The number of nitrogens with zero attached hydrogens (tertiary/aromatic N) is 1.